The number of allylic oxidation sites excluding steroid dienone is 4. The largest absolute Gasteiger partial charge is 0.460 e. The standard InChI is InChI=1S/C51H95N2O3/c1-3-5-7-9-11-13-15-17-19-21-23-25-27-32-36-40-49-51(48-38-34-30-29-31-35-39-48)52(43-46-54)42-44-53(49,51)45-47-56-50(55)41-37-33-28-26-24-22-20-18-16-14-12-10-8-6-4-2/h17-20,48-49,54H,3-16,21-47H2,1-2H3/q+1. The van der Waals surface area contributed by atoms with Crippen molar-refractivity contribution in [3.05, 3.63) is 24.3 Å². The van der Waals surface area contributed by atoms with E-state index in [0.717, 1.165) is 43.5 Å². The first-order chi connectivity index (χ1) is 27.7. The number of nitrogens with zero attached hydrogens (tertiary/aromatic N) is 2. The molecule has 1 aliphatic carbocycles. The van der Waals surface area contributed by atoms with Crippen molar-refractivity contribution in [1.29, 1.82) is 0 Å². The number of carbonyl (C=O) groups excluding carboxylic acids is 1. The van der Waals surface area contributed by atoms with Crippen molar-refractivity contribution in [3.63, 3.8) is 0 Å². The number of fused-ring (bicyclic) bond motifs is 1. The zero-order chi connectivity index (χ0) is 39.8. The summed E-state index contributed by atoms with van der Waals surface area (Å²) in [7, 11) is 0. The Hall–Kier alpha value is -1.17. The van der Waals surface area contributed by atoms with Gasteiger partial charge in [-0.1, -0.05) is 173 Å². The summed E-state index contributed by atoms with van der Waals surface area (Å²) in [4.78, 5) is 15.7. The predicted octanol–water partition coefficient (Wildman–Crippen LogP) is 14.2. The third-order valence-corrected chi connectivity index (χ3v) is 14.2. The van der Waals surface area contributed by atoms with Crippen molar-refractivity contribution in [1.82, 2.24) is 4.90 Å². The molecular formula is C51H95N2O3+. The lowest BCUT2D eigenvalue weighted by atomic mass is 9.82. The Balaban J connectivity index is 1.37. The molecule has 2 saturated heterocycles. The summed E-state index contributed by atoms with van der Waals surface area (Å²) >= 11 is 0. The highest BCUT2D eigenvalue weighted by Crippen LogP contribution is 2.64. The van der Waals surface area contributed by atoms with Gasteiger partial charge >= 0.3 is 5.97 Å². The molecule has 1 saturated carbocycles. The Kier molecular flexibility index (Phi) is 27.9. The van der Waals surface area contributed by atoms with Gasteiger partial charge in [-0.2, -0.15) is 0 Å². The lowest BCUT2D eigenvalue weighted by Gasteiger charge is -2.33. The van der Waals surface area contributed by atoms with Crippen molar-refractivity contribution in [3.8, 4) is 0 Å². The van der Waals surface area contributed by atoms with Crippen molar-refractivity contribution in [2.45, 2.75) is 250 Å². The van der Waals surface area contributed by atoms with Crippen LogP contribution in [0.1, 0.15) is 239 Å². The quantitative estimate of drug-likeness (QED) is 0.0226. The van der Waals surface area contributed by atoms with E-state index in [1.54, 1.807) is 0 Å². The van der Waals surface area contributed by atoms with Crippen LogP contribution in [0, 0.1) is 5.92 Å². The zero-order valence-electron chi connectivity index (χ0n) is 37.6. The van der Waals surface area contributed by atoms with Crippen molar-refractivity contribution in [2.24, 2.45) is 5.92 Å². The van der Waals surface area contributed by atoms with Crippen LogP contribution >= 0.6 is 0 Å². The fourth-order valence-electron chi connectivity index (χ4n) is 11.2. The fourth-order valence-corrected chi connectivity index (χ4v) is 11.2. The summed E-state index contributed by atoms with van der Waals surface area (Å²) in [5, 5.41) is 10.2. The number of ether oxygens (including phenoxy) is 1. The summed E-state index contributed by atoms with van der Waals surface area (Å²) in [5.41, 5.74) is 0.163. The summed E-state index contributed by atoms with van der Waals surface area (Å²) < 4.78 is 7.17. The minimum atomic E-state index is 0.0134. The van der Waals surface area contributed by atoms with Gasteiger partial charge in [0.2, 0.25) is 5.66 Å². The molecule has 0 aromatic rings. The number of piperazine rings is 1. The van der Waals surface area contributed by atoms with E-state index < -0.39 is 0 Å². The molecule has 1 N–H and O–H groups in total. The third-order valence-electron chi connectivity index (χ3n) is 14.2. The maximum atomic E-state index is 12.9. The molecule has 3 fully saturated rings. The average molecular weight is 784 g/mol. The highest BCUT2D eigenvalue weighted by Gasteiger charge is 2.85. The lowest BCUT2D eigenvalue weighted by Crippen LogP contribution is -2.48. The van der Waals surface area contributed by atoms with Gasteiger partial charge in [0.25, 0.3) is 0 Å². The van der Waals surface area contributed by atoms with Gasteiger partial charge < -0.3 is 9.84 Å². The molecule has 0 spiro atoms. The second kappa shape index (κ2) is 31.7. The van der Waals surface area contributed by atoms with Crippen LogP contribution in [-0.2, 0) is 9.53 Å². The Morgan fingerprint density at radius 3 is 1.62 bits per heavy atom. The van der Waals surface area contributed by atoms with Gasteiger partial charge in [0.15, 0.2) is 6.04 Å². The Labute approximate surface area is 348 Å². The Bertz CT molecular complexity index is 1010. The maximum Gasteiger partial charge on any atom is 0.305 e. The van der Waals surface area contributed by atoms with Crippen LogP contribution in [0.5, 0.6) is 0 Å². The van der Waals surface area contributed by atoms with E-state index in [1.165, 1.54) is 205 Å². The molecule has 3 unspecified atom stereocenters. The van der Waals surface area contributed by atoms with Crippen LogP contribution in [0.25, 0.3) is 0 Å². The van der Waals surface area contributed by atoms with Gasteiger partial charge in [-0.3, -0.25) is 9.28 Å². The van der Waals surface area contributed by atoms with E-state index in [9.17, 15) is 9.90 Å². The minimum Gasteiger partial charge on any atom is -0.460 e. The molecule has 3 aliphatic rings. The van der Waals surface area contributed by atoms with Gasteiger partial charge in [-0.15, -0.1) is 0 Å². The molecule has 2 heterocycles. The Morgan fingerprint density at radius 1 is 0.643 bits per heavy atom. The topological polar surface area (TPSA) is 49.8 Å². The summed E-state index contributed by atoms with van der Waals surface area (Å²) in [5.74, 6) is 0.718. The summed E-state index contributed by atoms with van der Waals surface area (Å²) in [6, 6.07) is 0.640. The number of unbranched alkanes of at least 4 members (excludes halogenated alkanes) is 22. The van der Waals surface area contributed by atoms with Gasteiger partial charge in [-0.25, -0.2) is 4.90 Å². The molecule has 0 aromatic heterocycles. The molecule has 326 valence electrons. The zero-order valence-corrected chi connectivity index (χ0v) is 37.6. The SMILES string of the molecule is CCCCCCCCC=CCCCCCCCC(=O)OCC[N+]12CCN(CCO)C1(C1CCCCCCC1)C2CCCCCCCC=CCCCCCCCC. The second-order valence-corrected chi connectivity index (χ2v) is 18.5. The highest BCUT2D eigenvalue weighted by molar-refractivity contribution is 5.69. The van der Waals surface area contributed by atoms with Crippen LogP contribution in [0.15, 0.2) is 24.3 Å². The first-order valence-electron chi connectivity index (χ1n) is 25.4. The van der Waals surface area contributed by atoms with Gasteiger partial charge in [0, 0.05) is 25.3 Å². The van der Waals surface area contributed by atoms with Crippen LogP contribution in [0.2, 0.25) is 0 Å². The molecule has 0 aromatic carbocycles. The number of carbonyl (C=O) groups is 1. The summed E-state index contributed by atoms with van der Waals surface area (Å²) in [6.07, 6.45) is 55.1. The first-order valence-corrected chi connectivity index (χ1v) is 25.4. The monoisotopic (exact) mass is 784 g/mol. The van der Waals surface area contributed by atoms with Gasteiger partial charge in [0.05, 0.1) is 19.7 Å². The van der Waals surface area contributed by atoms with Crippen LogP contribution in [0.4, 0.5) is 0 Å². The number of rotatable bonds is 36. The number of β-amino-alcohol motifs (C(OH)–C–C–N with tert-alkyl or cyclic N) is 1. The molecule has 0 amide bonds. The molecule has 3 rings (SSSR count). The number of hydrogen-bond acceptors (Lipinski definition) is 4. The van der Waals surface area contributed by atoms with Crippen LogP contribution < -0.4 is 0 Å². The highest BCUT2D eigenvalue weighted by atomic mass is 16.5. The summed E-state index contributed by atoms with van der Waals surface area (Å²) in [6.45, 7) is 9.41. The van der Waals surface area contributed by atoms with E-state index >= 15 is 0 Å². The van der Waals surface area contributed by atoms with Crippen molar-refractivity contribution >= 4 is 5.97 Å². The molecular weight excluding hydrogens is 689 g/mol. The third kappa shape index (κ3) is 17.6. The lowest BCUT2D eigenvalue weighted by molar-refractivity contribution is -0.837. The van der Waals surface area contributed by atoms with Crippen molar-refractivity contribution in [2.75, 3.05) is 39.4 Å². The first kappa shape index (κ1) is 49.2. The smallest absolute Gasteiger partial charge is 0.305 e. The normalized spacial score (nSPS) is 23.2. The van der Waals surface area contributed by atoms with Gasteiger partial charge in [-0.05, 0) is 77.0 Å². The van der Waals surface area contributed by atoms with E-state index in [1.807, 2.05) is 0 Å². The molecule has 5 heteroatoms. The molecule has 2 aliphatic heterocycles. The number of hydrogen-bond donors (Lipinski definition) is 1. The molecule has 0 radical (unpaired) electrons. The number of esters is 1. The van der Waals surface area contributed by atoms with E-state index in [-0.39, 0.29) is 18.2 Å². The fraction of sp³-hybridized carbons (Fsp3) is 0.902. The predicted molar refractivity (Wildman–Crippen MR) is 241 cm³/mol. The van der Waals surface area contributed by atoms with Crippen LogP contribution in [0.3, 0.4) is 0 Å². The van der Waals surface area contributed by atoms with Gasteiger partial charge in [0.1, 0.15) is 13.2 Å². The molecule has 56 heavy (non-hydrogen) atoms. The minimum absolute atomic E-state index is 0.0134. The van der Waals surface area contributed by atoms with Crippen LogP contribution in [-0.4, -0.2) is 71.6 Å². The molecule has 5 nitrogen and oxygen atoms in total. The average Bonchev–Trinajstić information content (AvgIpc) is 3.61. The Morgan fingerprint density at radius 2 is 1.11 bits per heavy atom. The maximum absolute atomic E-state index is 12.9. The van der Waals surface area contributed by atoms with E-state index in [4.69, 9.17) is 4.74 Å². The molecule has 0 bridgehead atoms. The number of aliphatic hydroxyl groups is 1. The molecule has 3 atom stereocenters. The number of aliphatic hydroxyl groups excluding tert-OH is 1. The van der Waals surface area contributed by atoms with Crippen molar-refractivity contribution < 1.29 is 19.1 Å². The van der Waals surface area contributed by atoms with E-state index in [0.29, 0.717) is 25.0 Å². The second-order valence-electron chi connectivity index (χ2n) is 18.5. The van der Waals surface area contributed by atoms with E-state index in [2.05, 4.69) is 43.1 Å². The number of quaternary nitrogens is 1.